The van der Waals surface area contributed by atoms with Gasteiger partial charge < -0.3 is 14.8 Å². The van der Waals surface area contributed by atoms with Gasteiger partial charge in [-0.25, -0.2) is 8.42 Å². The molecule has 1 heterocycles. The second-order valence-corrected chi connectivity index (χ2v) is 8.59. The van der Waals surface area contributed by atoms with Crippen LogP contribution in [0, 0.1) is 13.8 Å². The first kappa shape index (κ1) is 20.3. The molecule has 28 heavy (non-hydrogen) atoms. The zero-order valence-electron chi connectivity index (χ0n) is 16.2. The summed E-state index contributed by atoms with van der Waals surface area (Å²) in [4.78, 5) is 13.0. The summed E-state index contributed by atoms with van der Waals surface area (Å²) in [6.07, 6.45) is 0. The number of morpholine rings is 1. The highest BCUT2D eigenvalue weighted by atomic mass is 32.2. The number of carbonyl (C=O) groups is 1. The fourth-order valence-electron chi connectivity index (χ4n) is 3.05. The number of anilines is 1. The number of aryl methyl sites for hydroxylation is 2. The third-order valence-electron chi connectivity index (χ3n) is 4.66. The predicted molar refractivity (Wildman–Crippen MR) is 106 cm³/mol. The molecule has 1 aliphatic heterocycles. The summed E-state index contributed by atoms with van der Waals surface area (Å²) < 4.78 is 37.7. The Morgan fingerprint density at radius 3 is 2.50 bits per heavy atom. The number of hydrogen-bond donors (Lipinski definition) is 1. The molecule has 0 aromatic heterocycles. The molecule has 1 aliphatic rings. The monoisotopic (exact) mass is 404 g/mol. The van der Waals surface area contributed by atoms with Crippen molar-refractivity contribution in [1.82, 2.24) is 4.31 Å². The third-order valence-corrected chi connectivity index (χ3v) is 6.56. The molecule has 150 valence electrons. The molecule has 2 aromatic carbocycles. The van der Waals surface area contributed by atoms with Crippen LogP contribution in [0.2, 0.25) is 0 Å². The van der Waals surface area contributed by atoms with Crippen LogP contribution in [0.4, 0.5) is 5.69 Å². The molecule has 3 rings (SSSR count). The molecule has 1 saturated heterocycles. The van der Waals surface area contributed by atoms with Crippen molar-refractivity contribution in [2.45, 2.75) is 18.7 Å². The van der Waals surface area contributed by atoms with E-state index in [2.05, 4.69) is 5.32 Å². The van der Waals surface area contributed by atoms with E-state index in [1.807, 2.05) is 13.0 Å². The number of hydrogen-bond acceptors (Lipinski definition) is 5. The quantitative estimate of drug-likeness (QED) is 0.828. The van der Waals surface area contributed by atoms with Gasteiger partial charge in [0.05, 0.1) is 30.9 Å². The highest BCUT2D eigenvalue weighted by molar-refractivity contribution is 7.89. The highest BCUT2D eigenvalue weighted by Gasteiger charge is 2.27. The molecule has 1 N–H and O–H groups in total. The average molecular weight is 404 g/mol. The molecule has 0 radical (unpaired) electrons. The molecular formula is C20H24N2O5S. The normalized spacial score (nSPS) is 15.2. The minimum absolute atomic E-state index is 0.0985. The maximum atomic E-state index is 12.9. The summed E-state index contributed by atoms with van der Waals surface area (Å²) in [7, 11) is -2.15. The van der Waals surface area contributed by atoms with E-state index in [4.69, 9.17) is 9.47 Å². The van der Waals surface area contributed by atoms with Crippen molar-refractivity contribution < 1.29 is 22.7 Å². The van der Waals surface area contributed by atoms with Gasteiger partial charge in [0.25, 0.3) is 5.91 Å². The standard InChI is InChI=1S/C20H24N2O5S/c1-14-4-7-19(26-3)18(12-14)21-20(23)17-13-16(6-5-15(17)2)28(24,25)22-8-10-27-11-9-22/h4-7,12-13H,8-11H2,1-3H3,(H,21,23). The van der Waals surface area contributed by atoms with E-state index in [9.17, 15) is 13.2 Å². The van der Waals surface area contributed by atoms with Crippen molar-refractivity contribution in [2.24, 2.45) is 0 Å². The Morgan fingerprint density at radius 2 is 1.82 bits per heavy atom. The van der Waals surface area contributed by atoms with Crippen molar-refractivity contribution in [3.8, 4) is 5.75 Å². The van der Waals surface area contributed by atoms with E-state index < -0.39 is 10.0 Å². The number of benzene rings is 2. The van der Waals surface area contributed by atoms with Crippen LogP contribution in [0.15, 0.2) is 41.3 Å². The molecule has 0 bridgehead atoms. The maximum absolute atomic E-state index is 12.9. The first-order chi connectivity index (χ1) is 13.3. The van der Waals surface area contributed by atoms with Crippen LogP contribution in [0.1, 0.15) is 21.5 Å². The van der Waals surface area contributed by atoms with E-state index in [-0.39, 0.29) is 10.8 Å². The van der Waals surface area contributed by atoms with Gasteiger partial charge in [-0.15, -0.1) is 0 Å². The molecule has 0 atom stereocenters. The van der Waals surface area contributed by atoms with Crippen LogP contribution in [-0.2, 0) is 14.8 Å². The summed E-state index contributed by atoms with van der Waals surface area (Å²) in [6.45, 7) is 5.02. The predicted octanol–water partition coefficient (Wildman–Crippen LogP) is 2.59. The molecule has 1 amide bonds. The van der Waals surface area contributed by atoms with E-state index in [0.717, 1.165) is 5.56 Å². The van der Waals surface area contributed by atoms with Gasteiger partial charge in [0.15, 0.2) is 0 Å². The van der Waals surface area contributed by atoms with Gasteiger partial charge in [-0.3, -0.25) is 4.79 Å². The molecule has 0 spiro atoms. The summed E-state index contributed by atoms with van der Waals surface area (Å²) in [5.41, 5.74) is 2.49. The van der Waals surface area contributed by atoms with Crippen LogP contribution >= 0.6 is 0 Å². The Kier molecular flexibility index (Phi) is 6.02. The molecule has 8 heteroatoms. The number of methoxy groups -OCH3 is 1. The first-order valence-electron chi connectivity index (χ1n) is 8.97. The van der Waals surface area contributed by atoms with Crippen LogP contribution in [0.3, 0.4) is 0 Å². The summed E-state index contributed by atoms with van der Waals surface area (Å²) >= 11 is 0. The number of sulfonamides is 1. The van der Waals surface area contributed by atoms with E-state index in [1.165, 1.54) is 23.5 Å². The Balaban J connectivity index is 1.91. The Labute approximate surface area is 165 Å². The number of nitrogens with zero attached hydrogens (tertiary/aromatic N) is 1. The number of amides is 1. The van der Waals surface area contributed by atoms with Gasteiger partial charge in [-0.05, 0) is 49.2 Å². The van der Waals surface area contributed by atoms with Crippen molar-refractivity contribution in [3.05, 3.63) is 53.1 Å². The molecule has 1 fully saturated rings. The SMILES string of the molecule is COc1ccc(C)cc1NC(=O)c1cc(S(=O)(=O)N2CCOCC2)ccc1C. The summed E-state index contributed by atoms with van der Waals surface area (Å²) in [6, 6.07) is 10.1. The molecule has 7 nitrogen and oxygen atoms in total. The first-order valence-corrected chi connectivity index (χ1v) is 10.4. The lowest BCUT2D eigenvalue weighted by atomic mass is 10.1. The molecule has 2 aromatic rings. The smallest absolute Gasteiger partial charge is 0.256 e. The Morgan fingerprint density at radius 1 is 1.11 bits per heavy atom. The fourth-order valence-corrected chi connectivity index (χ4v) is 4.49. The molecule has 0 aliphatic carbocycles. The van der Waals surface area contributed by atoms with Gasteiger partial charge in [-0.1, -0.05) is 12.1 Å². The Bertz CT molecular complexity index is 982. The molecule has 0 saturated carbocycles. The van der Waals surface area contributed by atoms with Gasteiger partial charge in [0, 0.05) is 18.7 Å². The maximum Gasteiger partial charge on any atom is 0.256 e. The van der Waals surface area contributed by atoms with Crippen molar-refractivity contribution in [3.63, 3.8) is 0 Å². The van der Waals surface area contributed by atoms with Crippen LogP contribution in [0.25, 0.3) is 0 Å². The van der Waals surface area contributed by atoms with Crippen molar-refractivity contribution >= 4 is 21.6 Å². The lowest BCUT2D eigenvalue weighted by Gasteiger charge is -2.26. The third kappa shape index (κ3) is 4.19. The number of carbonyl (C=O) groups excluding carboxylic acids is 1. The van der Waals surface area contributed by atoms with E-state index in [0.29, 0.717) is 48.9 Å². The second kappa shape index (κ2) is 8.30. The lowest BCUT2D eigenvalue weighted by Crippen LogP contribution is -2.40. The van der Waals surface area contributed by atoms with Gasteiger partial charge in [0.1, 0.15) is 5.75 Å². The average Bonchev–Trinajstić information content (AvgIpc) is 2.69. The topological polar surface area (TPSA) is 84.9 Å². The molecule has 0 unspecified atom stereocenters. The van der Waals surface area contributed by atoms with Crippen LogP contribution in [-0.4, -0.2) is 52.0 Å². The number of ether oxygens (including phenoxy) is 2. The largest absolute Gasteiger partial charge is 0.495 e. The minimum Gasteiger partial charge on any atom is -0.495 e. The van der Waals surface area contributed by atoms with Crippen molar-refractivity contribution in [2.75, 3.05) is 38.7 Å². The fraction of sp³-hybridized carbons (Fsp3) is 0.350. The van der Waals surface area contributed by atoms with Crippen molar-refractivity contribution in [1.29, 1.82) is 0 Å². The van der Waals surface area contributed by atoms with Crippen LogP contribution < -0.4 is 10.1 Å². The minimum atomic E-state index is -3.68. The zero-order chi connectivity index (χ0) is 20.3. The zero-order valence-corrected chi connectivity index (χ0v) is 17.0. The van der Waals surface area contributed by atoms with E-state index in [1.54, 1.807) is 25.1 Å². The second-order valence-electron chi connectivity index (χ2n) is 6.65. The number of nitrogens with one attached hydrogen (secondary N) is 1. The number of rotatable bonds is 5. The van der Waals surface area contributed by atoms with Gasteiger partial charge >= 0.3 is 0 Å². The summed E-state index contributed by atoms with van der Waals surface area (Å²) in [5.74, 6) is 0.147. The lowest BCUT2D eigenvalue weighted by molar-refractivity contribution is 0.0730. The van der Waals surface area contributed by atoms with E-state index >= 15 is 0 Å². The highest BCUT2D eigenvalue weighted by Crippen LogP contribution is 2.27. The van der Waals surface area contributed by atoms with Crippen LogP contribution in [0.5, 0.6) is 5.75 Å². The Hall–Kier alpha value is -2.42. The molecular weight excluding hydrogens is 380 g/mol. The van der Waals surface area contributed by atoms with Gasteiger partial charge in [0.2, 0.25) is 10.0 Å². The van der Waals surface area contributed by atoms with Gasteiger partial charge in [-0.2, -0.15) is 4.31 Å². The summed E-state index contributed by atoms with van der Waals surface area (Å²) in [5, 5.41) is 2.83.